The smallest absolute Gasteiger partial charge is 0.272 e. The summed E-state index contributed by atoms with van der Waals surface area (Å²) in [5, 5.41) is 6.95. The van der Waals surface area contributed by atoms with Gasteiger partial charge in [0.15, 0.2) is 0 Å². The number of aromatic amines is 1. The van der Waals surface area contributed by atoms with Crippen molar-refractivity contribution in [2.45, 2.75) is 32.2 Å². The topological polar surface area (TPSA) is 71.1 Å². The standard InChI is InChI=1S/C22H22F2N4O2/c1-14-5-6-15(2)18(8-14)19-9-20(27-26-19)21(29)28-13-22(23,24)10-16(28)12-30-17-4-3-7-25-11-17/h3-9,11,16H,10,12-13H2,1-2H3,(H,26,27)/t16-/m0/s1. The van der Waals surface area contributed by atoms with Crippen molar-refractivity contribution in [3.05, 3.63) is 65.6 Å². The first-order valence-corrected chi connectivity index (χ1v) is 9.67. The first-order chi connectivity index (χ1) is 14.3. The summed E-state index contributed by atoms with van der Waals surface area (Å²) >= 11 is 0. The van der Waals surface area contributed by atoms with Crippen LogP contribution in [0.3, 0.4) is 0 Å². The largest absolute Gasteiger partial charge is 0.490 e. The molecule has 30 heavy (non-hydrogen) atoms. The third-order valence-electron chi connectivity index (χ3n) is 5.19. The van der Waals surface area contributed by atoms with E-state index in [2.05, 4.69) is 15.2 Å². The Bertz CT molecular complexity index is 1050. The van der Waals surface area contributed by atoms with Gasteiger partial charge in [-0.05, 0) is 43.7 Å². The van der Waals surface area contributed by atoms with E-state index in [9.17, 15) is 13.6 Å². The highest BCUT2D eigenvalue weighted by atomic mass is 19.3. The molecule has 1 saturated heterocycles. The van der Waals surface area contributed by atoms with Crippen molar-refractivity contribution in [1.29, 1.82) is 0 Å². The monoisotopic (exact) mass is 412 g/mol. The van der Waals surface area contributed by atoms with Crippen LogP contribution in [-0.4, -0.2) is 51.1 Å². The molecule has 2 aromatic heterocycles. The van der Waals surface area contributed by atoms with Gasteiger partial charge in [0.1, 0.15) is 18.1 Å². The van der Waals surface area contributed by atoms with Gasteiger partial charge in [0, 0.05) is 18.2 Å². The van der Waals surface area contributed by atoms with Gasteiger partial charge >= 0.3 is 0 Å². The van der Waals surface area contributed by atoms with Crippen LogP contribution in [0.4, 0.5) is 8.78 Å². The second kappa shape index (κ2) is 7.85. The summed E-state index contributed by atoms with van der Waals surface area (Å²) in [5.74, 6) is -3.01. The summed E-state index contributed by atoms with van der Waals surface area (Å²) in [6.07, 6.45) is 2.65. The van der Waals surface area contributed by atoms with Crippen LogP contribution in [0.25, 0.3) is 11.3 Å². The van der Waals surface area contributed by atoms with Gasteiger partial charge in [-0.3, -0.25) is 14.9 Å². The molecule has 1 N–H and O–H groups in total. The molecule has 1 amide bonds. The highest BCUT2D eigenvalue weighted by Gasteiger charge is 2.47. The van der Waals surface area contributed by atoms with E-state index in [0.717, 1.165) is 21.6 Å². The summed E-state index contributed by atoms with van der Waals surface area (Å²) in [6.45, 7) is 3.24. The molecule has 1 fully saturated rings. The number of carbonyl (C=O) groups is 1. The van der Waals surface area contributed by atoms with Crippen LogP contribution in [0.1, 0.15) is 28.0 Å². The zero-order chi connectivity index (χ0) is 21.3. The maximum absolute atomic E-state index is 14.1. The van der Waals surface area contributed by atoms with Crippen LogP contribution in [-0.2, 0) is 0 Å². The molecule has 0 radical (unpaired) electrons. The van der Waals surface area contributed by atoms with E-state index in [4.69, 9.17) is 4.74 Å². The second-order valence-electron chi connectivity index (χ2n) is 7.63. The van der Waals surface area contributed by atoms with Gasteiger partial charge in [-0.2, -0.15) is 5.10 Å². The summed E-state index contributed by atoms with van der Waals surface area (Å²) < 4.78 is 33.8. The first kappa shape index (κ1) is 20.0. The molecule has 1 atom stereocenters. The molecule has 156 valence electrons. The maximum atomic E-state index is 14.1. The summed E-state index contributed by atoms with van der Waals surface area (Å²) in [6, 6.07) is 10.2. The molecule has 6 nitrogen and oxygen atoms in total. The number of hydrogen-bond acceptors (Lipinski definition) is 4. The number of likely N-dealkylation sites (tertiary alicyclic amines) is 1. The third-order valence-corrected chi connectivity index (χ3v) is 5.19. The fraction of sp³-hybridized carbons (Fsp3) is 0.318. The zero-order valence-electron chi connectivity index (χ0n) is 16.7. The van der Waals surface area contributed by atoms with Gasteiger partial charge in [0.2, 0.25) is 0 Å². The molecule has 3 heterocycles. The van der Waals surface area contributed by atoms with E-state index in [1.54, 1.807) is 24.4 Å². The van der Waals surface area contributed by atoms with Gasteiger partial charge in [-0.25, -0.2) is 8.78 Å². The van der Waals surface area contributed by atoms with Crippen molar-refractivity contribution in [2.75, 3.05) is 13.2 Å². The number of aromatic nitrogens is 3. The highest BCUT2D eigenvalue weighted by Crippen LogP contribution is 2.34. The Kier molecular flexibility index (Phi) is 5.24. The Morgan fingerprint density at radius 2 is 2.13 bits per heavy atom. The van der Waals surface area contributed by atoms with E-state index in [-0.39, 0.29) is 12.3 Å². The lowest BCUT2D eigenvalue weighted by molar-refractivity contribution is 0.0115. The number of aryl methyl sites for hydroxylation is 2. The lowest BCUT2D eigenvalue weighted by atomic mass is 10.0. The molecule has 0 unspecified atom stereocenters. The summed E-state index contributed by atoms with van der Waals surface area (Å²) in [7, 11) is 0. The lowest BCUT2D eigenvalue weighted by Gasteiger charge is -2.23. The average Bonchev–Trinajstić information content (AvgIpc) is 3.33. The number of amides is 1. The number of hydrogen-bond donors (Lipinski definition) is 1. The van der Waals surface area contributed by atoms with Crippen LogP contribution in [0.5, 0.6) is 5.75 Å². The molecule has 4 rings (SSSR count). The minimum Gasteiger partial charge on any atom is -0.490 e. The molecule has 0 bridgehead atoms. The Morgan fingerprint density at radius 1 is 1.30 bits per heavy atom. The van der Waals surface area contributed by atoms with E-state index in [1.165, 1.54) is 6.20 Å². The minimum atomic E-state index is -2.96. The van der Waals surface area contributed by atoms with Crippen LogP contribution < -0.4 is 4.74 Å². The predicted octanol–water partition coefficient (Wildman–Crippen LogP) is 4.02. The number of halogens is 2. The minimum absolute atomic E-state index is 0.0367. The molecule has 0 spiro atoms. The molecular formula is C22H22F2N4O2. The van der Waals surface area contributed by atoms with Crippen molar-refractivity contribution in [3.8, 4) is 17.0 Å². The van der Waals surface area contributed by atoms with Gasteiger partial charge in [0.25, 0.3) is 11.8 Å². The van der Waals surface area contributed by atoms with E-state index in [0.29, 0.717) is 11.4 Å². The number of ether oxygens (including phenoxy) is 1. The van der Waals surface area contributed by atoms with Gasteiger partial charge in [0.05, 0.1) is 24.5 Å². The van der Waals surface area contributed by atoms with Crippen molar-refractivity contribution >= 4 is 5.91 Å². The van der Waals surface area contributed by atoms with Crippen molar-refractivity contribution < 1.29 is 18.3 Å². The van der Waals surface area contributed by atoms with Crippen LogP contribution >= 0.6 is 0 Å². The van der Waals surface area contributed by atoms with Gasteiger partial charge in [-0.1, -0.05) is 17.7 Å². The second-order valence-corrected chi connectivity index (χ2v) is 7.63. The van der Waals surface area contributed by atoms with Crippen LogP contribution in [0.2, 0.25) is 0 Å². The van der Waals surface area contributed by atoms with Gasteiger partial charge < -0.3 is 9.64 Å². The molecule has 0 aliphatic carbocycles. The third kappa shape index (κ3) is 4.17. The lowest BCUT2D eigenvalue weighted by Crippen LogP contribution is -2.39. The fourth-order valence-corrected chi connectivity index (χ4v) is 3.64. The Hall–Kier alpha value is -3.29. The van der Waals surface area contributed by atoms with E-state index >= 15 is 0 Å². The first-order valence-electron chi connectivity index (χ1n) is 9.67. The Labute approximate surface area is 172 Å². The summed E-state index contributed by atoms with van der Waals surface area (Å²) in [4.78, 5) is 18.1. The zero-order valence-corrected chi connectivity index (χ0v) is 16.7. The molecule has 1 aliphatic heterocycles. The SMILES string of the molecule is Cc1ccc(C)c(-c2cc(C(=O)N3CC(F)(F)C[C@H]3COc3cccnc3)[nH]n2)c1. The molecule has 8 heteroatoms. The number of benzene rings is 1. The normalized spacial score (nSPS) is 17.9. The molecular weight excluding hydrogens is 390 g/mol. The molecule has 1 aromatic carbocycles. The molecule has 3 aromatic rings. The van der Waals surface area contributed by atoms with Crippen molar-refractivity contribution in [2.24, 2.45) is 0 Å². The number of pyridine rings is 1. The van der Waals surface area contributed by atoms with Gasteiger partial charge in [-0.15, -0.1) is 0 Å². The number of nitrogens with zero attached hydrogens (tertiary/aromatic N) is 3. The fourth-order valence-electron chi connectivity index (χ4n) is 3.64. The predicted molar refractivity (Wildman–Crippen MR) is 108 cm³/mol. The average molecular weight is 412 g/mol. The van der Waals surface area contributed by atoms with Crippen molar-refractivity contribution in [3.63, 3.8) is 0 Å². The Morgan fingerprint density at radius 3 is 2.90 bits per heavy atom. The molecule has 0 saturated carbocycles. The number of H-pyrrole nitrogens is 1. The maximum Gasteiger partial charge on any atom is 0.272 e. The highest BCUT2D eigenvalue weighted by molar-refractivity contribution is 5.94. The quantitative estimate of drug-likeness (QED) is 0.687. The summed E-state index contributed by atoms with van der Waals surface area (Å²) in [5.41, 5.74) is 3.76. The number of nitrogens with one attached hydrogen (secondary N) is 1. The van der Waals surface area contributed by atoms with E-state index < -0.39 is 30.8 Å². The number of alkyl halides is 2. The Balaban J connectivity index is 1.53. The van der Waals surface area contributed by atoms with E-state index in [1.807, 2.05) is 32.0 Å². The van der Waals surface area contributed by atoms with Crippen LogP contribution in [0, 0.1) is 13.8 Å². The van der Waals surface area contributed by atoms with Crippen molar-refractivity contribution in [1.82, 2.24) is 20.1 Å². The number of carbonyl (C=O) groups excluding carboxylic acids is 1. The number of rotatable bonds is 5. The van der Waals surface area contributed by atoms with Crippen LogP contribution in [0.15, 0.2) is 48.8 Å². The molecule has 1 aliphatic rings.